The molecule has 6 N–H and O–H groups in total. The standard InChI is InChI=1S/C26H26FNO5.C23H36O7/c1-3-19(26(30)31)14-18-6-13-24(32-2)23(15-18)25(29)28-16-17-4-9-21(10-5-17)33-22-11-7-20(27)8-12-22;1-4-13(2)23(29)30-20-11-17(25)9-15-6-5-14(3)19(22(15)20)8-7-16(24)10-18(26)12-21(27)28/h4-13,15,19H,3,14,16H2,1-2H3,(H,28,29)(H,30,31);5-6,9,13-14,16-20,22,24-26H,4,7-8,10-12H2,1-3H3,(H,27,28)/t19-;13-,14-,16+,17+,18+,19-,20-,22-/m00/s1. The number of amides is 1. The predicted octanol–water partition coefficient (Wildman–Crippen LogP) is 7.65. The summed E-state index contributed by atoms with van der Waals surface area (Å²) in [5, 5.41) is 51.2. The van der Waals surface area contributed by atoms with Gasteiger partial charge in [0.05, 0.1) is 49.2 Å². The highest BCUT2D eigenvalue weighted by atomic mass is 19.1. The highest BCUT2D eigenvalue weighted by Crippen LogP contribution is 2.44. The second-order valence-electron chi connectivity index (χ2n) is 16.4. The zero-order valence-electron chi connectivity index (χ0n) is 36.6. The van der Waals surface area contributed by atoms with Gasteiger partial charge in [0.2, 0.25) is 0 Å². The van der Waals surface area contributed by atoms with E-state index in [-0.39, 0.29) is 60.8 Å². The monoisotopic (exact) mass is 875 g/mol. The van der Waals surface area contributed by atoms with E-state index in [1.54, 1.807) is 42.5 Å². The van der Waals surface area contributed by atoms with E-state index in [0.717, 1.165) is 16.7 Å². The Morgan fingerprint density at radius 1 is 0.905 bits per heavy atom. The molecular formula is C49H62FNO12. The number of ether oxygens (including phenoxy) is 3. The van der Waals surface area contributed by atoms with Crippen molar-refractivity contribution in [3.8, 4) is 17.2 Å². The molecule has 3 aromatic carbocycles. The van der Waals surface area contributed by atoms with Crippen LogP contribution in [-0.2, 0) is 32.1 Å². The zero-order valence-corrected chi connectivity index (χ0v) is 36.6. The summed E-state index contributed by atoms with van der Waals surface area (Å²) in [4.78, 5) is 47.3. The third kappa shape index (κ3) is 15.3. The van der Waals surface area contributed by atoms with Gasteiger partial charge in [-0.1, -0.05) is 64.1 Å². The van der Waals surface area contributed by atoms with Gasteiger partial charge in [0, 0.05) is 18.9 Å². The minimum atomic E-state index is -1.10. The maximum Gasteiger partial charge on any atom is 0.308 e. The summed E-state index contributed by atoms with van der Waals surface area (Å²) in [6.45, 7) is 7.96. The van der Waals surface area contributed by atoms with E-state index in [9.17, 15) is 44.0 Å². The minimum absolute atomic E-state index is 0.0156. The van der Waals surface area contributed by atoms with Crippen LogP contribution in [0.3, 0.4) is 0 Å². The Kier molecular flexibility index (Phi) is 19.3. The number of halogens is 1. The van der Waals surface area contributed by atoms with Crippen LogP contribution in [0.15, 0.2) is 90.5 Å². The van der Waals surface area contributed by atoms with Crippen molar-refractivity contribution in [3.63, 3.8) is 0 Å². The maximum absolute atomic E-state index is 13.0. The molecule has 0 aliphatic heterocycles. The number of carbonyl (C=O) groups is 4. The van der Waals surface area contributed by atoms with Crippen LogP contribution in [0.4, 0.5) is 4.39 Å². The molecule has 0 heterocycles. The molecular weight excluding hydrogens is 814 g/mol. The van der Waals surface area contributed by atoms with Gasteiger partial charge >= 0.3 is 17.9 Å². The molecule has 0 radical (unpaired) electrons. The number of fused-ring (bicyclic) bond motifs is 1. The van der Waals surface area contributed by atoms with Crippen molar-refractivity contribution in [2.75, 3.05) is 7.11 Å². The van der Waals surface area contributed by atoms with Crippen LogP contribution in [0.5, 0.6) is 17.2 Å². The van der Waals surface area contributed by atoms with Crippen LogP contribution in [-0.4, -0.2) is 80.9 Å². The van der Waals surface area contributed by atoms with Gasteiger partial charge in [-0.15, -0.1) is 0 Å². The van der Waals surface area contributed by atoms with Gasteiger partial charge in [0.1, 0.15) is 29.2 Å². The van der Waals surface area contributed by atoms with Crippen molar-refractivity contribution in [2.45, 2.75) is 110 Å². The Labute approximate surface area is 368 Å². The molecule has 342 valence electrons. The molecule has 2 aliphatic rings. The number of carbonyl (C=O) groups excluding carboxylic acids is 2. The summed E-state index contributed by atoms with van der Waals surface area (Å²) in [5.74, 6) is -1.78. The van der Waals surface area contributed by atoms with Crippen LogP contribution in [0.2, 0.25) is 0 Å². The van der Waals surface area contributed by atoms with Gasteiger partial charge < -0.3 is 45.1 Å². The first-order valence-electron chi connectivity index (χ1n) is 21.6. The van der Waals surface area contributed by atoms with Crippen LogP contribution >= 0.6 is 0 Å². The lowest BCUT2D eigenvalue weighted by Gasteiger charge is -2.43. The Bertz CT molecular complexity index is 2030. The number of esters is 1. The van der Waals surface area contributed by atoms with Gasteiger partial charge in [0.25, 0.3) is 5.91 Å². The Hall–Kier alpha value is -5.57. The fourth-order valence-corrected chi connectivity index (χ4v) is 7.86. The summed E-state index contributed by atoms with van der Waals surface area (Å²) in [7, 11) is 1.48. The van der Waals surface area contributed by atoms with E-state index in [1.807, 2.05) is 45.1 Å². The number of aliphatic hydroxyl groups is 3. The highest BCUT2D eigenvalue weighted by molar-refractivity contribution is 5.97. The summed E-state index contributed by atoms with van der Waals surface area (Å²) in [6.07, 6.45) is 5.48. The topological polar surface area (TPSA) is 209 Å². The third-order valence-electron chi connectivity index (χ3n) is 11.7. The molecule has 0 saturated heterocycles. The lowest BCUT2D eigenvalue weighted by atomic mass is 9.66. The smallest absolute Gasteiger partial charge is 0.308 e. The molecule has 63 heavy (non-hydrogen) atoms. The van der Waals surface area contributed by atoms with Gasteiger partial charge in [-0.25, -0.2) is 4.39 Å². The van der Waals surface area contributed by atoms with Crippen LogP contribution in [0.1, 0.15) is 94.1 Å². The molecule has 0 spiro atoms. The summed E-state index contributed by atoms with van der Waals surface area (Å²) in [5.41, 5.74) is 2.94. The third-order valence-corrected chi connectivity index (χ3v) is 11.7. The minimum Gasteiger partial charge on any atom is -0.496 e. The summed E-state index contributed by atoms with van der Waals surface area (Å²) >= 11 is 0. The number of aliphatic carboxylic acids is 2. The van der Waals surface area contributed by atoms with E-state index >= 15 is 0 Å². The second kappa shape index (κ2) is 24.3. The average molecular weight is 876 g/mol. The number of aliphatic hydroxyl groups excluding tert-OH is 3. The average Bonchev–Trinajstić information content (AvgIpc) is 3.25. The molecule has 9 atom stereocenters. The molecule has 13 nitrogen and oxygen atoms in total. The zero-order chi connectivity index (χ0) is 46.2. The second-order valence-corrected chi connectivity index (χ2v) is 16.4. The van der Waals surface area contributed by atoms with Crippen molar-refractivity contribution >= 4 is 23.8 Å². The number of hydrogen-bond acceptors (Lipinski definition) is 10. The number of rotatable bonds is 20. The lowest BCUT2D eigenvalue weighted by molar-refractivity contribution is -0.159. The molecule has 0 bridgehead atoms. The van der Waals surface area contributed by atoms with Crippen molar-refractivity contribution in [2.24, 2.45) is 29.6 Å². The fourth-order valence-electron chi connectivity index (χ4n) is 7.86. The molecule has 1 amide bonds. The molecule has 14 heteroatoms. The SMILES string of the molecule is CC[C@@H](Cc1ccc(OC)c(C(=O)NCc2ccc(Oc3ccc(F)cc3)cc2)c1)C(=O)O.CC[C@H](C)C(=O)O[C@H]1C[C@H](O)C=C2C=C[C@H](C)[C@H](CC[C@@H](O)C[C@@H](O)CC(=O)O)[C@H]21. The van der Waals surface area contributed by atoms with Crippen molar-refractivity contribution < 1.29 is 63.3 Å². The van der Waals surface area contributed by atoms with E-state index in [4.69, 9.17) is 19.3 Å². The van der Waals surface area contributed by atoms with E-state index < -0.39 is 42.3 Å². The molecule has 2 aliphatic carbocycles. The number of nitrogens with one attached hydrogen (secondary N) is 1. The van der Waals surface area contributed by atoms with E-state index in [1.165, 1.54) is 19.2 Å². The molecule has 0 unspecified atom stereocenters. The number of methoxy groups -OCH3 is 1. The number of allylic oxidation sites excluding steroid dienone is 2. The number of carboxylic acids is 2. The van der Waals surface area contributed by atoms with Gasteiger partial charge in [-0.2, -0.15) is 0 Å². The van der Waals surface area contributed by atoms with Gasteiger partial charge in [0.15, 0.2) is 0 Å². The molecule has 0 saturated carbocycles. The largest absolute Gasteiger partial charge is 0.496 e. The van der Waals surface area contributed by atoms with E-state index in [0.29, 0.717) is 61.3 Å². The van der Waals surface area contributed by atoms with Crippen molar-refractivity contribution in [1.82, 2.24) is 5.32 Å². The Morgan fingerprint density at radius 2 is 1.56 bits per heavy atom. The number of carboxylic acid groups (broad SMARTS) is 2. The first-order chi connectivity index (χ1) is 30.0. The Balaban J connectivity index is 0.000000278. The normalized spacial score (nSPS) is 20.9. The molecule has 5 rings (SSSR count). The molecule has 0 fully saturated rings. The van der Waals surface area contributed by atoms with E-state index in [2.05, 4.69) is 18.3 Å². The van der Waals surface area contributed by atoms with Gasteiger partial charge in [-0.3, -0.25) is 19.2 Å². The summed E-state index contributed by atoms with van der Waals surface area (Å²) in [6, 6.07) is 18.1. The van der Waals surface area contributed by atoms with Crippen molar-refractivity contribution in [3.05, 3.63) is 113 Å². The number of benzene rings is 3. The lowest BCUT2D eigenvalue weighted by Crippen LogP contribution is -2.43. The molecule has 3 aromatic rings. The fraction of sp³-hybridized carbons (Fsp3) is 0.469. The molecule has 0 aromatic heterocycles. The van der Waals surface area contributed by atoms with Crippen molar-refractivity contribution in [1.29, 1.82) is 0 Å². The van der Waals surface area contributed by atoms with Crippen LogP contribution in [0.25, 0.3) is 0 Å². The predicted molar refractivity (Wildman–Crippen MR) is 234 cm³/mol. The highest BCUT2D eigenvalue weighted by Gasteiger charge is 2.42. The quantitative estimate of drug-likeness (QED) is 0.0605. The number of hydrogen-bond donors (Lipinski definition) is 6. The Morgan fingerprint density at radius 3 is 2.16 bits per heavy atom. The summed E-state index contributed by atoms with van der Waals surface area (Å²) < 4.78 is 29.8. The maximum atomic E-state index is 13.0. The first-order valence-corrected chi connectivity index (χ1v) is 21.6. The first kappa shape index (κ1) is 50.1. The van der Waals surface area contributed by atoms with Crippen LogP contribution in [0, 0.1) is 35.4 Å². The van der Waals surface area contributed by atoms with Crippen LogP contribution < -0.4 is 14.8 Å². The van der Waals surface area contributed by atoms with Gasteiger partial charge in [-0.05, 0) is 116 Å².